The molecule has 0 saturated carbocycles. The molecule has 0 aliphatic rings. The number of fused-ring (bicyclic) bond motifs is 1. The van der Waals surface area contributed by atoms with Gasteiger partial charge in [0, 0.05) is 13.0 Å². The van der Waals surface area contributed by atoms with Gasteiger partial charge < -0.3 is 10.3 Å². The van der Waals surface area contributed by atoms with Crippen molar-refractivity contribution < 1.29 is 4.79 Å². The lowest BCUT2D eigenvalue weighted by atomic mass is 10.1. The van der Waals surface area contributed by atoms with E-state index >= 15 is 0 Å². The molecule has 7 nitrogen and oxygen atoms in total. The summed E-state index contributed by atoms with van der Waals surface area (Å²) in [6.45, 7) is 4.60. The van der Waals surface area contributed by atoms with Crippen LogP contribution in [0.1, 0.15) is 27.3 Å². The van der Waals surface area contributed by atoms with E-state index in [-0.39, 0.29) is 5.91 Å². The monoisotopic (exact) mass is 394 g/mol. The number of aryl methyl sites for hydroxylation is 2. The molecule has 0 bridgehead atoms. The van der Waals surface area contributed by atoms with Crippen molar-refractivity contribution in [3.05, 3.63) is 70.3 Å². The second-order valence-electron chi connectivity index (χ2n) is 6.63. The summed E-state index contributed by atoms with van der Waals surface area (Å²) >= 11 is 6.27. The number of hydrogen-bond donors (Lipinski definition) is 2. The van der Waals surface area contributed by atoms with Gasteiger partial charge in [0.15, 0.2) is 0 Å². The van der Waals surface area contributed by atoms with Crippen LogP contribution in [0.3, 0.4) is 0 Å². The highest BCUT2D eigenvalue weighted by molar-refractivity contribution is 6.34. The number of imidazole rings is 1. The Bertz CT molecular complexity index is 1110. The Hall–Kier alpha value is -3.19. The van der Waals surface area contributed by atoms with Gasteiger partial charge in [-0.3, -0.25) is 4.79 Å². The van der Waals surface area contributed by atoms with Gasteiger partial charge in [-0.1, -0.05) is 11.6 Å². The summed E-state index contributed by atoms with van der Waals surface area (Å²) in [6, 6.07) is 9.25. The van der Waals surface area contributed by atoms with Crippen LogP contribution in [0.25, 0.3) is 16.7 Å². The van der Waals surface area contributed by atoms with Crippen LogP contribution >= 0.6 is 11.6 Å². The number of carbonyl (C=O) groups is 1. The highest BCUT2D eigenvalue weighted by atomic mass is 35.5. The Morgan fingerprint density at radius 1 is 1.14 bits per heavy atom. The van der Waals surface area contributed by atoms with E-state index in [4.69, 9.17) is 11.6 Å². The van der Waals surface area contributed by atoms with Gasteiger partial charge in [-0.2, -0.15) is 15.0 Å². The van der Waals surface area contributed by atoms with Crippen molar-refractivity contribution in [1.29, 1.82) is 0 Å². The van der Waals surface area contributed by atoms with Crippen LogP contribution in [0, 0.1) is 13.8 Å². The molecule has 28 heavy (non-hydrogen) atoms. The van der Waals surface area contributed by atoms with E-state index in [1.165, 1.54) is 15.9 Å². The summed E-state index contributed by atoms with van der Waals surface area (Å²) in [5, 5.41) is 11.3. The molecule has 1 amide bonds. The van der Waals surface area contributed by atoms with E-state index in [1.54, 1.807) is 30.6 Å². The molecule has 0 fully saturated rings. The number of carbonyl (C=O) groups excluding carboxylic acids is 1. The summed E-state index contributed by atoms with van der Waals surface area (Å²) in [5.74, 6) is 0.610. The average Bonchev–Trinajstić information content (AvgIpc) is 3.32. The van der Waals surface area contributed by atoms with Gasteiger partial charge in [0.1, 0.15) is 5.82 Å². The molecule has 0 unspecified atom stereocenters. The number of hydrogen-bond acceptors (Lipinski definition) is 4. The largest absolute Gasteiger partial charge is 0.352 e. The first kappa shape index (κ1) is 18.2. The van der Waals surface area contributed by atoms with Crippen molar-refractivity contribution in [2.24, 2.45) is 0 Å². The highest BCUT2D eigenvalue weighted by Gasteiger charge is 2.12. The predicted octanol–water partition coefficient (Wildman–Crippen LogP) is 3.39. The smallest absolute Gasteiger partial charge is 0.252 e. The van der Waals surface area contributed by atoms with Gasteiger partial charge in [-0.15, -0.1) is 0 Å². The minimum Gasteiger partial charge on any atom is -0.352 e. The molecule has 0 spiro atoms. The van der Waals surface area contributed by atoms with Crippen LogP contribution in [0.2, 0.25) is 5.02 Å². The van der Waals surface area contributed by atoms with E-state index in [1.807, 2.05) is 0 Å². The van der Waals surface area contributed by atoms with E-state index in [0.717, 1.165) is 16.9 Å². The number of H-pyrrole nitrogens is 1. The molecule has 0 atom stereocenters. The fraction of sp³-hybridized carbons (Fsp3) is 0.200. The van der Waals surface area contributed by atoms with E-state index in [2.05, 4.69) is 51.5 Å². The molecule has 0 saturated heterocycles. The van der Waals surface area contributed by atoms with Gasteiger partial charge in [-0.05, 0) is 55.3 Å². The summed E-state index contributed by atoms with van der Waals surface area (Å²) in [6.07, 6.45) is 3.76. The molecular weight excluding hydrogens is 376 g/mol. The maximum atomic E-state index is 12.5. The van der Waals surface area contributed by atoms with E-state index in [0.29, 0.717) is 29.2 Å². The molecule has 2 N–H and O–H groups in total. The summed E-state index contributed by atoms with van der Waals surface area (Å²) in [4.78, 5) is 21.8. The fourth-order valence-electron chi connectivity index (χ4n) is 2.99. The normalized spacial score (nSPS) is 11.1. The molecule has 0 aliphatic carbocycles. The second-order valence-corrected chi connectivity index (χ2v) is 7.03. The van der Waals surface area contributed by atoms with Crippen molar-refractivity contribution in [3.8, 4) is 5.69 Å². The number of rotatable bonds is 5. The first-order chi connectivity index (χ1) is 13.5. The molecule has 2 aromatic heterocycles. The third-order valence-electron chi connectivity index (χ3n) is 4.64. The SMILES string of the molecule is Cc1cc2nc(CCNC(=O)c3ccc(-n4nccn4)cc3Cl)[nH]c2cc1C. The number of aromatic amines is 1. The van der Waals surface area contributed by atoms with E-state index in [9.17, 15) is 4.79 Å². The lowest BCUT2D eigenvalue weighted by molar-refractivity contribution is 0.0954. The lowest BCUT2D eigenvalue weighted by Crippen LogP contribution is -2.26. The molecule has 0 radical (unpaired) electrons. The summed E-state index contributed by atoms with van der Waals surface area (Å²) in [7, 11) is 0. The van der Waals surface area contributed by atoms with Gasteiger partial charge in [0.25, 0.3) is 5.91 Å². The van der Waals surface area contributed by atoms with Crippen LogP contribution in [-0.2, 0) is 6.42 Å². The average molecular weight is 395 g/mol. The second kappa shape index (κ2) is 7.44. The van der Waals surface area contributed by atoms with Crippen molar-refractivity contribution in [1.82, 2.24) is 30.3 Å². The maximum absolute atomic E-state index is 12.5. The zero-order chi connectivity index (χ0) is 19.7. The van der Waals surface area contributed by atoms with Crippen LogP contribution in [0.15, 0.2) is 42.7 Å². The topological polar surface area (TPSA) is 88.5 Å². The standard InChI is InChI=1S/C20H19ClN6O/c1-12-9-17-18(10-13(12)2)26-19(25-17)5-6-22-20(28)15-4-3-14(11-16(15)21)27-23-7-8-24-27/h3-4,7-11H,5-6H2,1-2H3,(H,22,28)(H,25,26). The van der Waals surface area contributed by atoms with Crippen LogP contribution < -0.4 is 5.32 Å². The minimum atomic E-state index is -0.229. The van der Waals surface area contributed by atoms with Gasteiger partial charge in [0.05, 0.1) is 39.7 Å². The number of nitrogens with one attached hydrogen (secondary N) is 2. The van der Waals surface area contributed by atoms with Crippen molar-refractivity contribution in [2.45, 2.75) is 20.3 Å². The zero-order valence-corrected chi connectivity index (χ0v) is 16.3. The Labute approximate surface area is 166 Å². The summed E-state index contributed by atoms with van der Waals surface area (Å²) < 4.78 is 0. The number of amides is 1. The number of aromatic nitrogens is 5. The van der Waals surface area contributed by atoms with Crippen LogP contribution in [-0.4, -0.2) is 37.4 Å². The Kier molecular flexibility index (Phi) is 4.83. The molecule has 4 aromatic rings. The quantitative estimate of drug-likeness (QED) is 0.543. The molecule has 2 heterocycles. The molecular formula is C20H19ClN6O. The van der Waals surface area contributed by atoms with Crippen LogP contribution in [0.5, 0.6) is 0 Å². The highest BCUT2D eigenvalue weighted by Crippen LogP contribution is 2.20. The first-order valence-electron chi connectivity index (χ1n) is 8.91. The molecule has 2 aromatic carbocycles. The third kappa shape index (κ3) is 3.61. The molecule has 0 aliphatic heterocycles. The van der Waals surface area contributed by atoms with Crippen molar-refractivity contribution in [2.75, 3.05) is 6.54 Å². The van der Waals surface area contributed by atoms with Crippen molar-refractivity contribution >= 4 is 28.5 Å². The molecule has 142 valence electrons. The fourth-order valence-corrected chi connectivity index (χ4v) is 3.25. The number of benzene rings is 2. The van der Waals surface area contributed by atoms with Gasteiger partial charge >= 0.3 is 0 Å². The third-order valence-corrected chi connectivity index (χ3v) is 4.95. The number of halogens is 1. The predicted molar refractivity (Wildman–Crippen MR) is 108 cm³/mol. The minimum absolute atomic E-state index is 0.229. The van der Waals surface area contributed by atoms with Gasteiger partial charge in [-0.25, -0.2) is 4.98 Å². The van der Waals surface area contributed by atoms with Crippen molar-refractivity contribution in [3.63, 3.8) is 0 Å². The zero-order valence-electron chi connectivity index (χ0n) is 15.5. The Morgan fingerprint density at radius 3 is 2.64 bits per heavy atom. The van der Waals surface area contributed by atoms with Gasteiger partial charge in [0.2, 0.25) is 0 Å². The Balaban J connectivity index is 1.40. The maximum Gasteiger partial charge on any atom is 0.252 e. The molecule has 4 rings (SSSR count). The first-order valence-corrected chi connectivity index (χ1v) is 9.29. The summed E-state index contributed by atoms with van der Waals surface area (Å²) in [5.41, 5.74) is 5.49. The Morgan fingerprint density at radius 2 is 1.89 bits per heavy atom. The van der Waals surface area contributed by atoms with Crippen LogP contribution in [0.4, 0.5) is 0 Å². The molecule has 8 heteroatoms. The van der Waals surface area contributed by atoms with E-state index < -0.39 is 0 Å². The number of nitrogens with zero attached hydrogens (tertiary/aromatic N) is 4. The lowest BCUT2D eigenvalue weighted by Gasteiger charge is -2.07.